The molecule has 0 aliphatic carbocycles. The van der Waals surface area contributed by atoms with E-state index in [1.165, 1.54) is 11.8 Å². The van der Waals surface area contributed by atoms with Crippen molar-refractivity contribution in [3.8, 4) is 0 Å². The average molecular weight is 273 g/mol. The lowest BCUT2D eigenvalue weighted by Crippen LogP contribution is -2.40. The second-order valence-electron chi connectivity index (χ2n) is 5.02. The summed E-state index contributed by atoms with van der Waals surface area (Å²) in [5, 5.41) is 11.7. The van der Waals surface area contributed by atoms with Gasteiger partial charge in [0.15, 0.2) is 0 Å². The number of hydrogen-bond acceptors (Lipinski definition) is 4. The number of thioether (sulfide) groups is 1. The Morgan fingerprint density at radius 3 is 2.56 bits per heavy atom. The summed E-state index contributed by atoms with van der Waals surface area (Å²) in [5.41, 5.74) is 0.208. The molecule has 1 atom stereocenters. The van der Waals surface area contributed by atoms with Crippen molar-refractivity contribution in [3.63, 3.8) is 0 Å². The van der Waals surface area contributed by atoms with Gasteiger partial charge in [-0.3, -0.25) is 0 Å². The zero-order chi connectivity index (χ0) is 13.9. The highest BCUT2D eigenvalue weighted by molar-refractivity contribution is 8.04. The molecule has 1 amide bonds. The van der Waals surface area contributed by atoms with Crippen LogP contribution in [0.2, 0.25) is 0 Å². The first kappa shape index (κ1) is 14.9. The zero-order valence-corrected chi connectivity index (χ0v) is 11.9. The van der Waals surface area contributed by atoms with Crippen molar-refractivity contribution in [2.24, 2.45) is 0 Å². The average Bonchev–Trinajstić information content (AvgIpc) is 2.57. The molecular formula is C12H19NO4S. The van der Waals surface area contributed by atoms with E-state index in [-0.39, 0.29) is 6.04 Å². The van der Waals surface area contributed by atoms with Crippen LogP contribution in [-0.2, 0) is 9.53 Å². The van der Waals surface area contributed by atoms with Crippen molar-refractivity contribution in [1.29, 1.82) is 0 Å². The third-order valence-electron chi connectivity index (χ3n) is 2.37. The van der Waals surface area contributed by atoms with E-state index in [4.69, 9.17) is 9.84 Å². The molecule has 0 saturated heterocycles. The predicted molar refractivity (Wildman–Crippen MR) is 70.6 cm³/mol. The minimum absolute atomic E-state index is 0.249. The third kappa shape index (κ3) is 3.94. The normalized spacial score (nSPS) is 19.9. The number of alkyl carbamates (subject to hydrolysis) is 1. The van der Waals surface area contributed by atoms with Gasteiger partial charge in [0, 0.05) is 5.75 Å². The van der Waals surface area contributed by atoms with Gasteiger partial charge in [-0.15, -0.1) is 11.8 Å². The molecule has 1 aliphatic heterocycles. The zero-order valence-electron chi connectivity index (χ0n) is 11.1. The van der Waals surface area contributed by atoms with Gasteiger partial charge in [-0.2, -0.15) is 0 Å². The number of carbonyl (C=O) groups is 2. The number of carboxylic acid groups (broad SMARTS) is 1. The standard InChI is InChI=1S/C12H19NO4S/c1-5-7-8(6-18-9(7)10(14)15)13-11(16)17-12(2,3)4/h8H,5-6H2,1-4H3,(H,13,16)(H,14,15)/t8-/m0/s1. The summed E-state index contributed by atoms with van der Waals surface area (Å²) in [5.74, 6) is -0.380. The van der Waals surface area contributed by atoms with Gasteiger partial charge in [0.2, 0.25) is 0 Å². The quantitative estimate of drug-likeness (QED) is 0.825. The summed E-state index contributed by atoms with van der Waals surface area (Å²) in [6, 6.07) is -0.249. The van der Waals surface area contributed by atoms with E-state index in [0.717, 1.165) is 5.57 Å². The SMILES string of the molecule is CCC1=C(C(=O)O)SC[C@@H]1NC(=O)OC(C)(C)C. The number of amides is 1. The summed E-state index contributed by atoms with van der Waals surface area (Å²) in [6.07, 6.45) is 0.0976. The third-order valence-corrected chi connectivity index (χ3v) is 3.60. The van der Waals surface area contributed by atoms with Crippen molar-refractivity contribution in [3.05, 3.63) is 10.5 Å². The van der Waals surface area contributed by atoms with Crippen LogP contribution in [0.3, 0.4) is 0 Å². The maximum atomic E-state index is 11.6. The molecule has 0 saturated carbocycles. The summed E-state index contributed by atoms with van der Waals surface area (Å²) in [4.78, 5) is 23.0. The van der Waals surface area contributed by atoms with Crippen LogP contribution in [0.25, 0.3) is 0 Å². The Morgan fingerprint density at radius 1 is 1.50 bits per heavy atom. The number of rotatable bonds is 3. The monoisotopic (exact) mass is 273 g/mol. The van der Waals surface area contributed by atoms with Crippen molar-refractivity contribution in [2.75, 3.05) is 5.75 Å². The highest BCUT2D eigenvalue weighted by atomic mass is 32.2. The van der Waals surface area contributed by atoms with Crippen LogP contribution in [0.4, 0.5) is 4.79 Å². The molecule has 18 heavy (non-hydrogen) atoms. The first-order valence-corrected chi connectivity index (χ1v) is 6.81. The molecule has 0 radical (unpaired) electrons. The Labute approximate surface area is 111 Å². The lowest BCUT2D eigenvalue weighted by atomic mass is 10.1. The molecule has 0 bridgehead atoms. The first-order valence-electron chi connectivity index (χ1n) is 5.83. The highest BCUT2D eigenvalue weighted by Crippen LogP contribution is 2.33. The van der Waals surface area contributed by atoms with Crippen LogP contribution in [0, 0.1) is 0 Å². The fourth-order valence-electron chi connectivity index (χ4n) is 1.70. The van der Waals surface area contributed by atoms with Gasteiger partial charge in [-0.25, -0.2) is 9.59 Å². The largest absolute Gasteiger partial charge is 0.477 e. The molecule has 0 aromatic heterocycles. The number of carboxylic acids is 1. The second kappa shape index (κ2) is 5.65. The Morgan fingerprint density at radius 2 is 2.11 bits per heavy atom. The van der Waals surface area contributed by atoms with E-state index in [1.807, 2.05) is 6.92 Å². The smallest absolute Gasteiger partial charge is 0.408 e. The van der Waals surface area contributed by atoms with Crippen molar-refractivity contribution < 1.29 is 19.4 Å². The van der Waals surface area contributed by atoms with Gasteiger partial charge >= 0.3 is 12.1 Å². The molecule has 102 valence electrons. The maximum Gasteiger partial charge on any atom is 0.408 e. The van der Waals surface area contributed by atoms with E-state index in [1.54, 1.807) is 20.8 Å². The second-order valence-corrected chi connectivity index (χ2v) is 6.05. The Kier molecular flexibility index (Phi) is 4.67. The molecule has 6 heteroatoms. The van der Waals surface area contributed by atoms with E-state index < -0.39 is 17.7 Å². The lowest BCUT2D eigenvalue weighted by Gasteiger charge is -2.22. The van der Waals surface area contributed by atoms with Crippen molar-refractivity contribution >= 4 is 23.8 Å². The minimum Gasteiger partial charge on any atom is -0.477 e. The van der Waals surface area contributed by atoms with Gasteiger partial charge in [0.05, 0.1) is 10.9 Å². The van der Waals surface area contributed by atoms with E-state index in [9.17, 15) is 9.59 Å². The topological polar surface area (TPSA) is 75.6 Å². The summed E-state index contributed by atoms with van der Waals surface area (Å²) in [7, 11) is 0. The molecule has 0 aromatic carbocycles. The van der Waals surface area contributed by atoms with Gasteiger partial charge < -0.3 is 15.2 Å². The van der Waals surface area contributed by atoms with E-state index in [0.29, 0.717) is 17.1 Å². The molecule has 1 rings (SSSR count). The number of aliphatic carboxylic acids is 1. The van der Waals surface area contributed by atoms with Crippen LogP contribution in [-0.4, -0.2) is 34.6 Å². The number of carbonyl (C=O) groups excluding carboxylic acids is 1. The molecular weight excluding hydrogens is 254 g/mol. The summed E-state index contributed by atoms with van der Waals surface area (Å²) in [6.45, 7) is 7.24. The lowest BCUT2D eigenvalue weighted by molar-refractivity contribution is -0.131. The van der Waals surface area contributed by atoms with E-state index >= 15 is 0 Å². The number of hydrogen-bond donors (Lipinski definition) is 2. The first-order chi connectivity index (χ1) is 8.24. The maximum absolute atomic E-state index is 11.6. The predicted octanol–water partition coefficient (Wildman–Crippen LogP) is 2.38. The van der Waals surface area contributed by atoms with Crippen molar-refractivity contribution in [2.45, 2.75) is 45.8 Å². The highest BCUT2D eigenvalue weighted by Gasteiger charge is 2.31. The van der Waals surface area contributed by atoms with Crippen LogP contribution < -0.4 is 5.32 Å². The van der Waals surface area contributed by atoms with Gasteiger partial charge in [-0.05, 0) is 32.8 Å². The minimum atomic E-state index is -0.926. The molecule has 1 heterocycles. The van der Waals surface area contributed by atoms with Gasteiger partial charge in [-0.1, -0.05) is 6.92 Å². The Hall–Kier alpha value is -1.17. The van der Waals surface area contributed by atoms with Crippen LogP contribution in [0.15, 0.2) is 10.5 Å². The van der Waals surface area contributed by atoms with Gasteiger partial charge in [0.1, 0.15) is 5.60 Å². The fourth-order valence-corrected chi connectivity index (χ4v) is 2.92. The Bertz CT molecular complexity index is 384. The molecule has 5 nitrogen and oxygen atoms in total. The molecule has 2 N–H and O–H groups in total. The molecule has 0 unspecified atom stereocenters. The molecule has 1 aliphatic rings. The Balaban J connectivity index is 2.69. The van der Waals surface area contributed by atoms with Crippen molar-refractivity contribution in [1.82, 2.24) is 5.32 Å². The summed E-state index contributed by atoms with van der Waals surface area (Å²) < 4.78 is 5.16. The van der Waals surface area contributed by atoms with Crippen LogP contribution in [0.1, 0.15) is 34.1 Å². The fraction of sp³-hybridized carbons (Fsp3) is 0.667. The number of ether oxygens (including phenoxy) is 1. The number of nitrogens with one attached hydrogen (secondary N) is 1. The molecule has 0 aromatic rings. The molecule has 0 spiro atoms. The molecule has 0 fully saturated rings. The van der Waals surface area contributed by atoms with Crippen LogP contribution in [0.5, 0.6) is 0 Å². The van der Waals surface area contributed by atoms with Crippen LogP contribution >= 0.6 is 11.8 Å². The summed E-state index contributed by atoms with van der Waals surface area (Å²) >= 11 is 1.26. The van der Waals surface area contributed by atoms with Gasteiger partial charge in [0.25, 0.3) is 0 Å². The van der Waals surface area contributed by atoms with E-state index in [2.05, 4.69) is 5.32 Å².